The first-order valence-corrected chi connectivity index (χ1v) is 17.8. The number of amides is 5. The summed E-state index contributed by atoms with van der Waals surface area (Å²) in [5.74, 6) is -1.61. The van der Waals surface area contributed by atoms with Gasteiger partial charge in [-0.1, -0.05) is 121 Å². The van der Waals surface area contributed by atoms with Crippen molar-refractivity contribution in [2.75, 3.05) is 23.7 Å². The predicted octanol–water partition coefficient (Wildman–Crippen LogP) is 6.39. The van der Waals surface area contributed by atoms with Crippen LogP contribution in [-0.4, -0.2) is 49.0 Å². The Kier molecular flexibility index (Phi) is 14.9. The molecule has 5 aromatic rings. The molecule has 12 nitrogen and oxygen atoms in total. The number of hydrogen-bond acceptors (Lipinski definition) is 7. The van der Waals surface area contributed by atoms with E-state index in [0.717, 1.165) is 28.7 Å². The van der Waals surface area contributed by atoms with Crippen molar-refractivity contribution in [2.45, 2.75) is 38.5 Å². The molecule has 0 unspecified atom stereocenters. The minimum atomic E-state index is -1.06. The number of aryl methyl sites for hydroxylation is 1. The summed E-state index contributed by atoms with van der Waals surface area (Å²) in [6.07, 6.45) is 0.0311. The highest BCUT2D eigenvalue weighted by atomic mass is 16.6. The topological polar surface area (TPSA) is 164 Å². The lowest BCUT2D eigenvalue weighted by Gasteiger charge is -2.19. The van der Waals surface area contributed by atoms with Gasteiger partial charge in [-0.05, 0) is 53.3 Å². The number of rotatable bonds is 17. The van der Waals surface area contributed by atoms with E-state index in [4.69, 9.17) is 9.47 Å². The lowest BCUT2D eigenvalue weighted by Crippen LogP contribution is -2.45. The molecule has 0 heterocycles. The van der Waals surface area contributed by atoms with Crippen molar-refractivity contribution in [3.8, 4) is 0 Å². The molecule has 0 saturated carbocycles. The summed E-state index contributed by atoms with van der Waals surface area (Å²) < 4.78 is 10.6. The molecule has 5 amide bonds. The van der Waals surface area contributed by atoms with Gasteiger partial charge in [-0.2, -0.15) is 0 Å². The Morgan fingerprint density at radius 3 is 1.64 bits per heavy atom. The van der Waals surface area contributed by atoms with Gasteiger partial charge < -0.3 is 36.1 Å². The number of carbonyl (C=O) groups excluding carboxylic acids is 5. The molecule has 1 atom stereocenters. The van der Waals surface area contributed by atoms with Crippen LogP contribution in [0.3, 0.4) is 0 Å². The Morgan fingerprint density at radius 2 is 1.05 bits per heavy atom. The van der Waals surface area contributed by atoms with E-state index in [0.29, 0.717) is 13.0 Å². The minimum Gasteiger partial charge on any atom is -0.445 e. The van der Waals surface area contributed by atoms with Crippen molar-refractivity contribution in [1.82, 2.24) is 16.0 Å². The van der Waals surface area contributed by atoms with Crippen LogP contribution in [0.1, 0.15) is 39.0 Å². The van der Waals surface area contributed by atoms with Gasteiger partial charge >= 0.3 is 12.2 Å². The molecule has 0 aliphatic rings. The average molecular weight is 742 g/mol. The first kappa shape index (κ1) is 39.3. The van der Waals surface area contributed by atoms with Gasteiger partial charge in [0.15, 0.2) is 0 Å². The van der Waals surface area contributed by atoms with Crippen molar-refractivity contribution in [2.24, 2.45) is 0 Å². The Bertz CT molecular complexity index is 2010. The highest BCUT2D eigenvalue weighted by Crippen LogP contribution is 2.21. The Balaban J connectivity index is 1.27. The molecule has 0 fully saturated rings. The molecule has 5 aromatic carbocycles. The van der Waals surface area contributed by atoms with Crippen LogP contribution < -0.4 is 26.6 Å². The van der Waals surface area contributed by atoms with Crippen LogP contribution in [0.2, 0.25) is 0 Å². The van der Waals surface area contributed by atoms with Crippen LogP contribution in [0.5, 0.6) is 0 Å². The van der Waals surface area contributed by atoms with E-state index in [1.54, 1.807) is 12.1 Å². The maximum atomic E-state index is 13.8. The van der Waals surface area contributed by atoms with E-state index in [9.17, 15) is 24.0 Å². The van der Waals surface area contributed by atoms with Crippen LogP contribution in [-0.2, 0) is 45.1 Å². The highest BCUT2D eigenvalue weighted by molar-refractivity contribution is 6.02. The van der Waals surface area contributed by atoms with E-state index in [-0.39, 0.29) is 36.6 Å². The van der Waals surface area contributed by atoms with Crippen LogP contribution >= 0.6 is 0 Å². The van der Waals surface area contributed by atoms with Crippen LogP contribution in [0, 0.1) is 0 Å². The molecule has 0 bridgehead atoms. The van der Waals surface area contributed by atoms with Gasteiger partial charge in [0, 0.05) is 29.9 Å². The molecule has 0 aromatic heterocycles. The maximum absolute atomic E-state index is 13.8. The highest BCUT2D eigenvalue weighted by Gasteiger charge is 2.23. The number of nitrogens with one attached hydrogen (secondary N) is 5. The third-order valence-corrected chi connectivity index (χ3v) is 8.23. The third kappa shape index (κ3) is 13.8. The number of anilines is 2. The smallest absolute Gasteiger partial charge is 0.408 e. The molecule has 0 saturated heterocycles. The van der Waals surface area contributed by atoms with E-state index < -0.39 is 42.5 Å². The minimum absolute atomic E-state index is 0.0114. The van der Waals surface area contributed by atoms with Crippen LogP contribution in [0.4, 0.5) is 21.0 Å². The number of ether oxygens (including phenoxy) is 2. The van der Waals surface area contributed by atoms with Crippen molar-refractivity contribution >= 4 is 41.3 Å². The second-order valence-electron chi connectivity index (χ2n) is 12.5. The molecular formula is C43H43N5O7. The summed E-state index contributed by atoms with van der Waals surface area (Å²) in [5.41, 5.74) is 4.04. The normalized spacial score (nSPS) is 11.0. The summed E-state index contributed by atoms with van der Waals surface area (Å²) in [4.78, 5) is 65.2. The SMILES string of the molecule is O=C(CNC(=O)OCc1ccccc1)Nc1cc(NC(=O)[C@H](Cc2ccccc2)NC(=O)OCc2ccccc2)cc(C(=O)NCCCc2ccccc2)c1. The van der Waals surface area contributed by atoms with Gasteiger partial charge in [-0.15, -0.1) is 0 Å². The van der Waals surface area contributed by atoms with E-state index in [1.165, 1.54) is 18.2 Å². The van der Waals surface area contributed by atoms with Gasteiger partial charge in [0.05, 0.1) is 0 Å². The van der Waals surface area contributed by atoms with Gasteiger partial charge in [0.25, 0.3) is 5.91 Å². The summed E-state index contributed by atoms with van der Waals surface area (Å²) >= 11 is 0. The van der Waals surface area contributed by atoms with Crippen molar-refractivity contribution in [3.05, 3.63) is 167 Å². The Hall–Kier alpha value is -6.95. The summed E-state index contributed by atoms with van der Waals surface area (Å²) in [5, 5.41) is 13.4. The number of alkyl carbamates (subject to hydrolysis) is 2. The zero-order valence-electron chi connectivity index (χ0n) is 30.2. The summed E-state index contributed by atoms with van der Waals surface area (Å²) in [6, 6.07) is 40.7. The number of carbonyl (C=O) groups is 5. The van der Waals surface area contributed by atoms with E-state index >= 15 is 0 Å². The number of hydrogen-bond donors (Lipinski definition) is 5. The molecule has 55 heavy (non-hydrogen) atoms. The fourth-order valence-corrected chi connectivity index (χ4v) is 5.47. The zero-order chi connectivity index (χ0) is 38.7. The van der Waals surface area contributed by atoms with Crippen molar-refractivity contribution in [3.63, 3.8) is 0 Å². The predicted molar refractivity (Wildman–Crippen MR) is 209 cm³/mol. The fourth-order valence-electron chi connectivity index (χ4n) is 5.47. The second kappa shape index (κ2) is 20.9. The Morgan fingerprint density at radius 1 is 0.545 bits per heavy atom. The first-order valence-electron chi connectivity index (χ1n) is 17.8. The zero-order valence-corrected chi connectivity index (χ0v) is 30.2. The third-order valence-electron chi connectivity index (χ3n) is 8.23. The quantitative estimate of drug-likeness (QED) is 0.0690. The van der Waals surface area contributed by atoms with Gasteiger partial charge in [0.1, 0.15) is 25.8 Å². The number of benzene rings is 5. The maximum Gasteiger partial charge on any atom is 0.408 e. The molecule has 5 rings (SSSR count). The summed E-state index contributed by atoms with van der Waals surface area (Å²) in [6.45, 7) is 0.0107. The molecule has 282 valence electrons. The summed E-state index contributed by atoms with van der Waals surface area (Å²) in [7, 11) is 0. The van der Waals surface area contributed by atoms with Crippen molar-refractivity contribution in [1.29, 1.82) is 0 Å². The van der Waals surface area contributed by atoms with Gasteiger partial charge in [0.2, 0.25) is 11.8 Å². The fraction of sp³-hybridized carbons (Fsp3) is 0.186. The average Bonchev–Trinajstić information content (AvgIpc) is 3.21. The molecule has 0 aliphatic carbocycles. The molecule has 0 aliphatic heterocycles. The van der Waals surface area contributed by atoms with Gasteiger partial charge in [-0.3, -0.25) is 14.4 Å². The lowest BCUT2D eigenvalue weighted by molar-refractivity contribution is -0.118. The van der Waals surface area contributed by atoms with Crippen molar-refractivity contribution < 1.29 is 33.4 Å². The first-order chi connectivity index (χ1) is 26.8. The molecule has 0 radical (unpaired) electrons. The monoisotopic (exact) mass is 741 g/mol. The lowest BCUT2D eigenvalue weighted by atomic mass is 10.0. The molecular weight excluding hydrogens is 699 g/mol. The van der Waals surface area contributed by atoms with E-state index in [2.05, 4.69) is 26.6 Å². The largest absolute Gasteiger partial charge is 0.445 e. The van der Waals surface area contributed by atoms with Crippen LogP contribution in [0.25, 0.3) is 0 Å². The van der Waals surface area contributed by atoms with Gasteiger partial charge in [-0.25, -0.2) is 9.59 Å². The molecule has 0 spiro atoms. The standard InChI is InChI=1S/C43H43N5O7/c49-39(28-45-42(52)54-29-33-18-9-3-10-19-33)46-36-25-35(40(50)44-23-13-22-31-14-5-1-6-15-31)26-37(27-36)47-41(51)38(24-32-16-7-2-8-17-32)48-43(53)55-30-34-20-11-4-12-21-34/h1-12,14-21,25-27,38H,13,22-24,28-30H2,(H,44,50)(H,45,52)(H,46,49)(H,47,51)(H,48,53)/t38-/m0/s1. The Labute approximate surface area is 319 Å². The van der Waals surface area contributed by atoms with Crippen LogP contribution in [0.15, 0.2) is 140 Å². The molecule has 12 heteroatoms. The second-order valence-corrected chi connectivity index (χ2v) is 12.5. The molecule has 5 N–H and O–H groups in total. The van der Waals surface area contributed by atoms with E-state index in [1.807, 2.05) is 109 Å².